The topological polar surface area (TPSA) is 151 Å². The van der Waals surface area contributed by atoms with Crippen molar-refractivity contribution in [3.63, 3.8) is 0 Å². The lowest BCUT2D eigenvalue weighted by Gasteiger charge is -2.32. The fraction of sp³-hybridized carbons (Fsp3) is 0.568. The zero-order chi connectivity index (χ0) is 43.0. The molecule has 3 N–H and O–H groups in total. The van der Waals surface area contributed by atoms with Gasteiger partial charge in [0.2, 0.25) is 11.8 Å². The summed E-state index contributed by atoms with van der Waals surface area (Å²) in [5.74, 6) is -1.04. The molecule has 59 heavy (non-hydrogen) atoms. The van der Waals surface area contributed by atoms with Gasteiger partial charge in [0.1, 0.15) is 34.9 Å². The molecule has 0 spiro atoms. The van der Waals surface area contributed by atoms with Crippen molar-refractivity contribution in [3.05, 3.63) is 53.6 Å². The van der Waals surface area contributed by atoms with Gasteiger partial charge in [-0.2, -0.15) is 0 Å². The molecule has 4 aromatic rings. The first kappa shape index (κ1) is 43.4. The van der Waals surface area contributed by atoms with Crippen LogP contribution in [-0.2, 0) is 32.0 Å². The second-order valence-corrected chi connectivity index (χ2v) is 18.2. The van der Waals surface area contributed by atoms with Gasteiger partial charge in [0, 0.05) is 48.7 Å². The molecular weight excluding hydrogens is 761 g/mol. The third-order valence-electron chi connectivity index (χ3n) is 11.0. The standard InChI is InChI=1S/C44H59F2N7O6/c1-10-32(49-41(56)58-43(4,5)6)39(54)51-19-11-13-28(51)23-31-30-17-15-26(45)21-33(30)47-37(31)38-48-34-22-27(46)16-18-35(34)53(38)24-29-14-12-20-52(29)40(55)36(25(2)3)50-42(57)59-44(7,8)9/h15-18,21-22,25,28-29,32,36,47H,10-14,19-20,23-24H2,1-9H3,(H,49,56)(H,50,57)/t28-,29-,32-,36-/m0/s1. The van der Waals surface area contributed by atoms with Gasteiger partial charge in [-0.1, -0.05) is 20.8 Å². The highest BCUT2D eigenvalue weighted by Crippen LogP contribution is 2.37. The molecule has 2 aliphatic rings. The van der Waals surface area contributed by atoms with Gasteiger partial charge in [-0.05, 0) is 122 Å². The van der Waals surface area contributed by atoms with Crippen LogP contribution in [0.5, 0.6) is 0 Å². The first-order valence-corrected chi connectivity index (χ1v) is 20.8. The average molecular weight is 820 g/mol. The number of ether oxygens (including phenoxy) is 2. The first-order chi connectivity index (χ1) is 27.7. The molecular formula is C44H59F2N7O6. The number of hydrogen-bond acceptors (Lipinski definition) is 7. The zero-order valence-corrected chi connectivity index (χ0v) is 35.7. The van der Waals surface area contributed by atoms with E-state index in [1.165, 1.54) is 24.3 Å². The molecule has 0 radical (unpaired) electrons. The van der Waals surface area contributed by atoms with E-state index < -0.39 is 47.1 Å². The largest absolute Gasteiger partial charge is 0.444 e. The lowest BCUT2D eigenvalue weighted by molar-refractivity contribution is -0.136. The Balaban J connectivity index is 1.36. The van der Waals surface area contributed by atoms with E-state index in [9.17, 15) is 28.0 Å². The van der Waals surface area contributed by atoms with Gasteiger partial charge in [-0.25, -0.2) is 23.4 Å². The highest BCUT2D eigenvalue weighted by Gasteiger charge is 2.38. The molecule has 0 saturated carbocycles. The number of carbonyl (C=O) groups is 4. The number of H-pyrrole nitrogens is 1. The van der Waals surface area contributed by atoms with Crippen molar-refractivity contribution in [2.75, 3.05) is 13.1 Å². The molecule has 6 rings (SSSR count). The third-order valence-corrected chi connectivity index (χ3v) is 11.0. The lowest BCUT2D eigenvalue weighted by Crippen LogP contribution is -2.53. The minimum absolute atomic E-state index is 0.206. The van der Waals surface area contributed by atoms with Crippen LogP contribution in [0.1, 0.15) is 100.0 Å². The van der Waals surface area contributed by atoms with Crippen molar-refractivity contribution in [3.8, 4) is 11.5 Å². The van der Waals surface area contributed by atoms with E-state index in [4.69, 9.17) is 14.5 Å². The van der Waals surface area contributed by atoms with Crippen LogP contribution in [0.2, 0.25) is 0 Å². The van der Waals surface area contributed by atoms with Crippen LogP contribution in [0.15, 0.2) is 36.4 Å². The number of nitrogens with zero attached hydrogens (tertiary/aromatic N) is 4. The molecule has 15 heteroatoms. The summed E-state index contributed by atoms with van der Waals surface area (Å²) in [7, 11) is 0. The molecule has 4 atom stereocenters. The molecule has 0 unspecified atom stereocenters. The fourth-order valence-electron chi connectivity index (χ4n) is 8.32. The number of alkyl carbamates (subject to hydrolysis) is 2. The van der Waals surface area contributed by atoms with Crippen LogP contribution in [0.25, 0.3) is 33.5 Å². The summed E-state index contributed by atoms with van der Waals surface area (Å²) in [6.07, 6.45) is 2.33. The Labute approximate surface area is 344 Å². The number of nitrogens with one attached hydrogen (secondary N) is 3. The molecule has 2 fully saturated rings. The van der Waals surface area contributed by atoms with Gasteiger partial charge in [0.05, 0.1) is 16.7 Å². The summed E-state index contributed by atoms with van der Waals surface area (Å²) in [6, 6.07) is 6.81. The van der Waals surface area contributed by atoms with Crippen LogP contribution in [0.3, 0.4) is 0 Å². The van der Waals surface area contributed by atoms with E-state index in [0.29, 0.717) is 73.4 Å². The third kappa shape index (κ3) is 9.98. The number of rotatable bonds is 11. The summed E-state index contributed by atoms with van der Waals surface area (Å²) in [6.45, 7) is 17.5. The molecule has 2 aromatic heterocycles. The predicted molar refractivity (Wildman–Crippen MR) is 222 cm³/mol. The normalized spacial score (nSPS) is 18.4. The fourth-order valence-corrected chi connectivity index (χ4v) is 8.32. The SMILES string of the molecule is CC[C@H](NC(=O)OC(C)(C)C)C(=O)N1CCC[C@H]1Cc1c(-c2nc3cc(F)ccc3n2C[C@@H]2CCCN2C(=O)[C@@H](NC(=O)OC(C)(C)C)C(C)C)[nH]c2cc(F)ccc12. The van der Waals surface area contributed by atoms with Crippen molar-refractivity contribution in [1.29, 1.82) is 0 Å². The number of imidazole rings is 1. The Hall–Kier alpha value is -5.21. The Bertz CT molecular complexity index is 2200. The lowest BCUT2D eigenvalue weighted by atomic mass is 9.99. The molecule has 0 aliphatic carbocycles. The second-order valence-electron chi connectivity index (χ2n) is 18.2. The summed E-state index contributed by atoms with van der Waals surface area (Å²) in [5, 5.41) is 6.32. The number of aromatic amines is 1. The minimum atomic E-state index is -0.822. The Morgan fingerprint density at radius 2 is 1.44 bits per heavy atom. The number of fused-ring (bicyclic) bond motifs is 2. The van der Waals surface area contributed by atoms with Gasteiger partial charge in [0.15, 0.2) is 5.82 Å². The maximum atomic E-state index is 14.8. The first-order valence-electron chi connectivity index (χ1n) is 20.8. The minimum Gasteiger partial charge on any atom is -0.444 e. The van der Waals surface area contributed by atoms with Gasteiger partial charge >= 0.3 is 12.2 Å². The highest BCUT2D eigenvalue weighted by molar-refractivity contribution is 5.92. The van der Waals surface area contributed by atoms with Crippen molar-refractivity contribution in [1.82, 2.24) is 35.0 Å². The summed E-state index contributed by atoms with van der Waals surface area (Å²) in [4.78, 5) is 65.9. The predicted octanol–water partition coefficient (Wildman–Crippen LogP) is 7.84. The molecule has 2 saturated heterocycles. The Kier molecular flexibility index (Phi) is 12.6. The van der Waals surface area contributed by atoms with E-state index in [0.717, 1.165) is 23.8 Å². The number of hydrogen-bond donors (Lipinski definition) is 3. The monoisotopic (exact) mass is 819 g/mol. The summed E-state index contributed by atoms with van der Waals surface area (Å²) < 4.78 is 42.5. The molecule has 2 aromatic carbocycles. The van der Waals surface area contributed by atoms with Crippen molar-refractivity contribution < 1.29 is 37.4 Å². The van der Waals surface area contributed by atoms with Crippen LogP contribution in [0.4, 0.5) is 18.4 Å². The molecule has 13 nitrogen and oxygen atoms in total. The van der Waals surface area contributed by atoms with E-state index in [2.05, 4.69) is 15.6 Å². The van der Waals surface area contributed by atoms with Crippen molar-refractivity contribution in [2.45, 2.75) is 143 Å². The number of amides is 4. The quantitative estimate of drug-likeness (QED) is 0.140. The number of halogens is 2. The number of carbonyl (C=O) groups excluding carboxylic acids is 4. The van der Waals surface area contributed by atoms with Crippen molar-refractivity contribution in [2.24, 2.45) is 5.92 Å². The Morgan fingerprint density at radius 3 is 2.07 bits per heavy atom. The maximum absolute atomic E-state index is 14.8. The van der Waals surface area contributed by atoms with Crippen LogP contribution >= 0.6 is 0 Å². The highest BCUT2D eigenvalue weighted by atomic mass is 19.1. The van der Waals surface area contributed by atoms with Crippen LogP contribution in [-0.4, -0.2) is 96.8 Å². The molecule has 0 bridgehead atoms. The van der Waals surface area contributed by atoms with E-state index in [1.54, 1.807) is 58.6 Å². The van der Waals surface area contributed by atoms with E-state index in [1.807, 2.05) is 30.2 Å². The number of likely N-dealkylation sites (tertiary alicyclic amines) is 2. The number of aromatic nitrogens is 3. The van der Waals surface area contributed by atoms with Crippen molar-refractivity contribution >= 4 is 45.9 Å². The summed E-state index contributed by atoms with van der Waals surface area (Å²) >= 11 is 0. The van der Waals surface area contributed by atoms with Gasteiger partial charge < -0.3 is 39.5 Å². The van der Waals surface area contributed by atoms with Crippen LogP contribution < -0.4 is 10.6 Å². The second kappa shape index (κ2) is 17.2. The smallest absolute Gasteiger partial charge is 0.408 e. The molecule has 320 valence electrons. The maximum Gasteiger partial charge on any atom is 0.408 e. The average Bonchev–Trinajstić information content (AvgIpc) is 3.93. The van der Waals surface area contributed by atoms with Crippen LogP contribution in [0, 0.1) is 17.6 Å². The number of benzene rings is 2. The molecule has 4 amide bonds. The summed E-state index contributed by atoms with van der Waals surface area (Å²) in [5.41, 5.74) is 1.56. The molecule has 4 heterocycles. The van der Waals surface area contributed by atoms with E-state index >= 15 is 0 Å². The van der Waals surface area contributed by atoms with Gasteiger partial charge in [-0.3, -0.25) is 9.59 Å². The molecule has 2 aliphatic heterocycles. The van der Waals surface area contributed by atoms with E-state index in [-0.39, 0.29) is 29.8 Å². The van der Waals surface area contributed by atoms with Gasteiger partial charge in [-0.15, -0.1) is 0 Å². The zero-order valence-electron chi connectivity index (χ0n) is 35.7. The Morgan fingerprint density at radius 1 is 0.847 bits per heavy atom. The van der Waals surface area contributed by atoms with Gasteiger partial charge in [0.25, 0.3) is 0 Å².